The minimum atomic E-state index is 0.410. The molecule has 0 saturated heterocycles. The largest absolute Gasteiger partial charge is 0.497 e. The first-order valence-corrected chi connectivity index (χ1v) is 6.44. The predicted molar refractivity (Wildman–Crippen MR) is 71.1 cm³/mol. The lowest BCUT2D eigenvalue weighted by Crippen LogP contribution is -2.11. The topological polar surface area (TPSA) is 42.1 Å². The normalized spacial score (nSPS) is 17.3. The molecular formula is C15H17NO2. The molecular weight excluding hydrogens is 226 g/mol. The molecule has 0 atom stereocenters. The summed E-state index contributed by atoms with van der Waals surface area (Å²) in [4.78, 5) is 14.6. The average molecular weight is 243 g/mol. The van der Waals surface area contributed by atoms with Crippen LogP contribution >= 0.6 is 0 Å². The van der Waals surface area contributed by atoms with E-state index in [1.54, 1.807) is 7.11 Å². The molecule has 1 heterocycles. The first kappa shape index (κ1) is 11.3. The van der Waals surface area contributed by atoms with Crippen LogP contribution in [0, 0.1) is 0 Å². The highest BCUT2D eigenvalue weighted by Crippen LogP contribution is 2.36. The van der Waals surface area contributed by atoms with E-state index in [0.717, 1.165) is 36.9 Å². The average Bonchev–Trinajstić information content (AvgIpc) is 2.82. The molecule has 1 aliphatic rings. The highest BCUT2D eigenvalue weighted by Gasteiger charge is 2.22. The van der Waals surface area contributed by atoms with Gasteiger partial charge in [0.25, 0.3) is 0 Å². The Balaban J connectivity index is 1.95. The number of ketones is 1. The molecule has 1 fully saturated rings. The van der Waals surface area contributed by atoms with Crippen molar-refractivity contribution >= 4 is 16.7 Å². The highest BCUT2D eigenvalue weighted by atomic mass is 16.5. The van der Waals surface area contributed by atoms with Crippen molar-refractivity contribution in [2.45, 2.75) is 31.6 Å². The quantitative estimate of drug-likeness (QED) is 0.878. The number of aromatic nitrogens is 1. The molecule has 0 amide bonds. The van der Waals surface area contributed by atoms with Crippen molar-refractivity contribution in [2.75, 3.05) is 7.11 Å². The number of ether oxygens (including phenoxy) is 1. The fourth-order valence-corrected chi connectivity index (χ4v) is 2.84. The van der Waals surface area contributed by atoms with Crippen molar-refractivity contribution in [2.24, 2.45) is 0 Å². The van der Waals surface area contributed by atoms with Crippen molar-refractivity contribution in [3.63, 3.8) is 0 Å². The summed E-state index contributed by atoms with van der Waals surface area (Å²) in [5.74, 6) is 1.80. The Hall–Kier alpha value is -1.77. The van der Waals surface area contributed by atoms with Gasteiger partial charge in [-0.25, -0.2) is 0 Å². The Labute approximate surface area is 106 Å². The summed E-state index contributed by atoms with van der Waals surface area (Å²) in [5, 5.41) is 1.26. The van der Waals surface area contributed by atoms with E-state index in [4.69, 9.17) is 4.74 Å². The lowest BCUT2D eigenvalue weighted by Gasteiger charge is -2.20. The van der Waals surface area contributed by atoms with Crippen molar-refractivity contribution in [1.29, 1.82) is 0 Å². The zero-order valence-corrected chi connectivity index (χ0v) is 10.5. The Morgan fingerprint density at radius 1 is 1.28 bits per heavy atom. The summed E-state index contributed by atoms with van der Waals surface area (Å²) >= 11 is 0. The van der Waals surface area contributed by atoms with Gasteiger partial charge in [-0.3, -0.25) is 4.79 Å². The van der Waals surface area contributed by atoms with Gasteiger partial charge in [0.2, 0.25) is 0 Å². The van der Waals surface area contributed by atoms with Gasteiger partial charge in [0.05, 0.1) is 7.11 Å². The number of carbonyl (C=O) groups excluding carboxylic acids is 1. The maximum Gasteiger partial charge on any atom is 0.132 e. The van der Waals surface area contributed by atoms with Gasteiger partial charge in [0.1, 0.15) is 11.5 Å². The van der Waals surface area contributed by atoms with E-state index in [2.05, 4.69) is 17.2 Å². The molecule has 94 valence electrons. The number of H-pyrrole nitrogens is 1. The number of rotatable bonds is 2. The number of fused-ring (bicyclic) bond motifs is 1. The number of hydrogen-bond acceptors (Lipinski definition) is 2. The van der Waals surface area contributed by atoms with Crippen LogP contribution in [0.5, 0.6) is 5.75 Å². The van der Waals surface area contributed by atoms with Crippen molar-refractivity contribution in [3.05, 3.63) is 30.0 Å². The standard InChI is InChI=1S/C15H17NO2/c1-18-12-6-7-13-14(9-16-15(13)8-12)10-2-4-11(17)5-3-10/h6-10,16H,2-5H2,1H3. The predicted octanol–water partition coefficient (Wildman–Crippen LogP) is 3.40. The number of hydrogen-bond donors (Lipinski definition) is 1. The zero-order chi connectivity index (χ0) is 12.5. The van der Waals surface area contributed by atoms with Gasteiger partial charge in [0, 0.05) is 36.0 Å². The number of aromatic amines is 1. The summed E-state index contributed by atoms with van der Waals surface area (Å²) in [6.07, 6.45) is 5.52. The minimum absolute atomic E-state index is 0.410. The molecule has 1 aromatic carbocycles. The summed E-state index contributed by atoms with van der Waals surface area (Å²) in [6, 6.07) is 6.12. The van der Waals surface area contributed by atoms with Crippen molar-refractivity contribution in [1.82, 2.24) is 4.98 Å². The van der Waals surface area contributed by atoms with E-state index in [1.807, 2.05) is 12.1 Å². The fourth-order valence-electron chi connectivity index (χ4n) is 2.84. The second-order valence-electron chi connectivity index (χ2n) is 4.97. The van der Waals surface area contributed by atoms with Gasteiger partial charge in [-0.15, -0.1) is 0 Å². The number of Topliss-reactive ketones (excluding diaryl/α,β-unsaturated/α-hetero) is 1. The van der Waals surface area contributed by atoms with Crippen molar-refractivity contribution < 1.29 is 9.53 Å². The van der Waals surface area contributed by atoms with Gasteiger partial charge in [0.15, 0.2) is 0 Å². The van der Waals surface area contributed by atoms with Crippen LogP contribution in [-0.4, -0.2) is 17.9 Å². The second-order valence-corrected chi connectivity index (χ2v) is 4.97. The van der Waals surface area contributed by atoms with Crippen molar-refractivity contribution in [3.8, 4) is 5.75 Å². The highest BCUT2D eigenvalue weighted by molar-refractivity contribution is 5.86. The third kappa shape index (κ3) is 1.90. The third-order valence-corrected chi connectivity index (χ3v) is 3.90. The molecule has 0 spiro atoms. The van der Waals surface area contributed by atoms with Gasteiger partial charge in [-0.2, -0.15) is 0 Å². The molecule has 1 N–H and O–H groups in total. The maximum absolute atomic E-state index is 11.3. The van der Waals surface area contributed by atoms with Crippen LogP contribution in [0.3, 0.4) is 0 Å². The monoisotopic (exact) mass is 243 g/mol. The Kier molecular flexibility index (Phi) is 2.82. The molecule has 0 radical (unpaired) electrons. The lowest BCUT2D eigenvalue weighted by molar-refractivity contribution is -0.120. The molecule has 2 aromatic rings. The molecule has 0 bridgehead atoms. The molecule has 1 saturated carbocycles. The van der Waals surface area contributed by atoms with E-state index in [1.165, 1.54) is 10.9 Å². The van der Waals surface area contributed by atoms with Crippen LogP contribution in [0.2, 0.25) is 0 Å². The number of methoxy groups -OCH3 is 1. The van der Waals surface area contributed by atoms with E-state index >= 15 is 0 Å². The summed E-state index contributed by atoms with van der Waals surface area (Å²) < 4.78 is 5.23. The van der Waals surface area contributed by atoms with E-state index < -0.39 is 0 Å². The second kappa shape index (κ2) is 4.48. The molecule has 0 aliphatic heterocycles. The van der Waals surface area contributed by atoms with E-state index in [-0.39, 0.29) is 0 Å². The fraction of sp³-hybridized carbons (Fsp3) is 0.400. The molecule has 3 heteroatoms. The smallest absolute Gasteiger partial charge is 0.132 e. The molecule has 1 aliphatic carbocycles. The van der Waals surface area contributed by atoms with Gasteiger partial charge >= 0.3 is 0 Å². The van der Waals surface area contributed by atoms with Gasteiger partial charge in [-0.1, -0.05) is 0 Å². The first-order valence-electron chi connectivity index (χ1n) is 6.44. The van der Waals surface area contributed by atoms with Crippen LogP contribution in [0.1, 0.15) is 37.2 Å². The molecule has 0 unspecified atom stereocenters. The lowest BCUT2D eigenvalue weighted by atomic mass is 9.83. The number of nitrogens with one attached hydrogen (secondary N) is 1. The van der Waals surface area contributed by atoms with Gasteiger partial charge in [-0.05, 0) is 36.5 Å². The summed E-state index contributed by atoms with van der Waals surface area (Å²) in [6.45, 7) is 0. The summed E-state index contributed by atoms with van der Waals surface area (Å²) in [5.41, 5.74) is 2.46. The Morgan fingerprint density at radius 3 is 2.78 bits per heavy atom. The van der Waals surface area contributed by atoms with Crippen LogP contribution in [0.4, 0.5) is 0 Å². The van der Waals surface area contributed by atoms with Crippen LogP contribution in [0.15, 0.2) is 24.4 Å². The zero-order valence-electron chi connectivity index (χ0n) is 10.5. The molecule has 3 rings (SSSR count). The molecule has 3 nitrogen and oxygen atoms in total. The van der Waals surface area contributed by atoms with Crippen LogP contribution < -0.4 is 4.74 Å². The Bertz CT molecular complexity index is 575. The maximum atomic E-state index is 11.3. The first-order chi connectivity index (χ1) is 8.78. The Morgan fingerprint density at radius 2 is 2.06 bits per heavy atom. The third-order valence-electron chi connectivity index (χ3n) is 3.90. The van der Waals surface area contributed by atoms with E-state index in [0.29, 0.717) is 11.7 Å². The number of carbonyl (C=O) groups is 1. The van der Waals surface area contributed by atoms with Crippen LogP contribution in [-0.2, 0) is 4.79 Å². The molecule has 1 aromatic heterocycles. The summed E-state index contributed by atoms with van der Waals surface area (Å²) in [7, 11) is 1.68. The van der Waals surface area contributed by atoms with E-state index in [9.17, 15) is 4.79 Å². The van der Waals surface area contributed by atoms with Crippen LogP contribution in [0.25, 0.3) is 10.9 Å². The minimum Gasteiger partial charge on any atom is -0.497 e. The van der Waals surface area contributed by atoms with Gasteiger partial charge < -0.3 is 9.72 Å². The molecule has 18 heavy (non-hydrogen) atoms. The number of benzene rings is 1. The SMILES string of the molecule is COc1ccc2c(C3CCC(=O)CC3)c[nH]c2c1.